The lowest BCUT2D eigenvalue weighted by atomic mass is 10.2. The van der Waals surface area contributed by atoms with Crippen molar-refractivity contribution in [3.63, 3.8) is 0 Å². The van der Waals surface area contributed by atoms with E-state index in [1.54, 1.807) is 24.4 Å². The van der Waals surface area contributed by atoms with Gasteiger partial charge in [0.1, 0.15) is 12.4 Å². The number of aromatic nitrogens is 2. The fourth-order valence-electron chi connectivity index (χ4n) is 4.08. The molecular formula is C28H25BrClN3O5. The van der Waals surface area contributed by atoms with Gasteiger partial charge in [-0.1, -0.05) is 40.5 Å². The first kappa shape index (κ1) is 26.1. The minimum atomic E-state index is -0.240. The zero-order chi connectivity index (χ0) is 26.6. The molecule has 0 bridgehead atoms. The molecule has 3 aromatic carbocycles. The van der Waals surface area contributed by atoms with Gasteiger partial charge in [0.05, 0.1) is 28.7 Å². The molecule has 0 unspecified atom stereocenters. The highest BCUT2D eigenvalue weighted by Crippen LogP contribution is 2.38. The molecule has 0 radical (unpaired) electrons. The highest BCUT2D eigenvalue weighted by Gasteiger charge is 2.16. The Hall–Kier alpha value is -3.56. The van der Waals surface area contributed by atoms with Gasteiger partial charge >= 0.3 is 0 Å². The summed E-state index contributed by atoms with van der Waals surface area (Å²) in [6.45, 7) is 4.80. The Bertz CT molecular complexity index is 1590. The van der Waals surface area contributed by atoms with E-state index in [9.17, 15) is 4.79 Å². The van der Waals surface area contributed by atoms with Crippen LogP contribution in [-0.4, -0.2) is 29.3 Å². The molecule has 38 heavy (non-hydrogen) atoms. The van der Waals surface area contributed by atoms with Crippen molar-refractivity contribution in [1.29, 1.82) is 0 Å². The number of hydrogen-bond donors (Lipinski definition) is 0. The Balaban J connectivity index is 1.45. The SMILES string of the molecule is CCCc1nc2ccc(Br)cc2c(=O)n1N=Cc1cc(Cl)c(OCc2ccc3c(c2)OCO3)c(OCC)c1. The summed E-state index contributed by atoms with van der Waals surface area (Å²) in [5.41, 5.74) is 1.95. The van der Waals surface area contributed by atoms with Crippen LogP contribution in [0.1, 0.15) is 37.2 Å². The molecule has 5 rings (SSSR count). The fraction of sp³-hybridized carbons (Fsp3) is 0.250. The van der Waals surface area contributed by atoms with Crippen LogP contribution in [0.25, 0.3) is 10.9 Å². The van der Waals surface area contributed by atoms with Gasteiger partial charge in [-0.15, -0.1) is 0 Å². The molecule has 4 aromatic rings. The minimum Gasteiger partial charge on any atom is -0.490 e. The number of nitrogens with zero attached hydrogens (tertiary/aromatic N) is 3. The predicted molar refractivity (Wildman–Crippen MR) is 150 cm³/mol. The van der Waals surface area contributed by atoms with Crippen LogP contribution in [0.2, 0.25) is 5.02 Å². The molecule has 0 spiro atoms. The number of fused-ring (bicyclic) bond motifs is 2. The van der Waals surface area contributed by atoms with Crippen molar-refractivity contribution >= 4 is 44.6 Å². The lowest BCUT2D eigenvalue weighted by Crippen LogP contribution is -2.22. The van der Waals surface area contributed by atoms with E-state index in [0.29, 0.717) is 63.3 Å². The normalized spacial score (nSPS) is 12.4. The van der Waals surface area contributed by atoms with E-state index in [-0.39, 0.29) is 19.0 Å². The van der Waals surface area contributed by atoms with Gasteiger partial charge in [0.2, 0.25) is 6.79 Å². The average Bonchev–Trinajstić information content (AvgIpc) is 3.37. The zero-order valence-corrected chi connectivity index (χ0v) is 23.2. The van der Waals surface area contributed by atoms with Gasteiger partial charge in [0, 0.05) is 10.9 Å². The maximum absolute atomic E-state index is 13.3. The first-order chi connectivity index (χ1) is 18.5. The number of halogens is 2. The first-order valence-corrected chi connectivity index (χ1v) is 13.4. The number of rotatable bonds is 9. The van der Waals surface area contributed by atoms with E-state index >= 15 is 0 Å². The van der Waals surface area contributed by atoms with E-state index in [1.165, 1.54) is 4.68 Å². The van der Waals surface area contributed by atoms with Crippen LogP contribution in [-0.2, 0) is 13.0 Å². The standard InChI is InChI=1S/C28H25BrClN3O5/c1-3-5-26-32-22-8-7-19(29)13-20(22)28(34)33(26)31-14-18-10-21(30)27(25(12-18)35-4-2)36-15-17-6-9-23-24(11-17)38-16-37-23/h6-14H,3-5,15-16H2,1-2H3. The molecule has 0 saturated carbocycles. The largest absolute Gasteiger partial charge is 0.490 e. The second-order valence-corrected chi connectivity index (χ2v) is 9.86. The summed E-state index contributed by atoms with van der Waals surface area (Å²) >= 11 is 10.0. The van der Waals surface area contributed by atoms with Crippen molar-refractivity contribution < 1.29 is 18.9 Å². The Kier molecular flexibility index (Phi) is 7.85. The topological polar surface area (TPSA) is 84.2 Å². The Labute approximate surface area is 232 Å². The molecule has 196 valence electrons. The molecule has 0 saturated heterocycles. The number of ether oxygens (including phenoxy) is 4. The van der Waals surface area contributed by atoms with E-state index < -0.39 is 0 Å². The van der Waals surface area contributed by atoms with Crippen LogP contribution < -0.4 is 24.5 Å². The monoisotopic (exact) mass is 597 g/mol. The Morgan fingerprint density at radius 2 is 1.95 bits per heavy atom. The summed E-state index contributed by atoms with van der Waals surface area (Å²) in [6.07, 6.45) is 3.00. The van der Waals surface area contributed by atoms with Crippen molar-refractivity contribution in [3.05, 3.63) is 85.3 Å². The lowest BCUT2D eigenvalue weighted by molar-refractivity contribution is 0.174. The molecule has 2 heterocycles. The third-order valence-electron chi connectivity index (χ3n) is 5.82. The van der Waals surface area contributed by atoms with E-state index in [0.717, 1.165) is 16.5 Å². The second kappa shape index (κ2) is 11.4. The van der Waals surface area contributed by atoms with E-state index in [2.05, 4.69) is 26.0 Å². The van der Waals surface area contributed by atoms with Crippen molar-refractivity contribution in [1.82, 2.24) is 9.66 Å². The minimum absolute atomic E-state index is 0.210. The van der Waals surface area contributed by atoms with Crippen molar-refractivity contribution in [3.8, 4) is 23.0 Å². The average molecular weight is 599 g/mol. The maximum atomic E-state index is 13.3. The van der Waals surface area contributed by atoms with Crippen molar-refractivity contribution in [2.24, 2.45) is 5.10 Å². The third-order valence-corrected chi connectivity index (χ3v) is 6.60. The Morgan fingerprint density at radius 3 is 2.76 bits per heavy atom. The predicted octanol–water partition coefficient (Wildman–Crippen LogP) is 6.35. The van der Waals surface area contributed by atoms with Crippen LogP contribution in [0.15, 0.2) is 62.9 Å². The number of aryl methyl sites for hydroxylation is 1. The first-order valence-electron chi connectivity index (χ1n) is 12.2. The smallest absolute Gasteiger partial charge is 0.282 e. The van der Waals surface area contributed by atoms with Crippen LogP contribution in [0.3, 0.4) is 0 Å². The van der Waals surface area contributed by atoms with Gasteiger partial charge in [0.15, 0.2) is 23.0 Å². The summed E-state index contributed by atoms with van der Waals surface area (Å²) in [4.78, 5) is 18.0. The van der Waals surface area contributed by atoms with Crippen molar-refractivity contribution in [2.45, 2.75) is 33.3 Å². The summed E-state index contributed by atoms with van der Waals surface area (Å²) in [7, 11) is 0. The molecule has 8 nitrogen and oxygen atoms in total. The van der Waals surface area contributed by atoms with Crippen molar-refractivity contribution in [2.75, 3.05) is 13.4 Å². The lowest BCUT2D eigenvalue weighted by Gasteiger charge is -2.15. The Morgan fingerprint density at radius 1 is 1.11 bits per heavy atom. The van der Waals surface area contributed by atoms with Crippen LogP contribution in [0.4, 0.5) is 0 Å². The quantitative estimate of drug-likeness (QED) is 0.209. The third kappa shape index (κ3) is 5.49. The van der Waals surface area contributed by atoms with Crippen LogP contribution >= 0.6 is 27.5 Å². The molecule has 0 aliphatic carbocycles. The summed E-state index contributed by atoms with van der Waals surface area (Å²) < 4.78 is 24.8. The molecule has 0 atom stereocenters. The molecule has 0 N–H and O–H groups in total. The maximum Gasteiger partial charge on any atom is 0.282 e. The van der Waals surface area contributed by atoms with Gasteiger partial charge in [-0.05, 0) is 66.9 Å². The molecule has 1 aliphatic heterocycles. The molecule has 10 heteroatoms. The molecular weight excluding hydrogens is 574 g/mol. The van der Waals surface area contributed by atoms with Gasteiger partial charge in [0.25, 0.3) is 5.56 Å². The molecule has 0 amide bonds. The van der Waals surface area contributed by atoms with Gasteiger partial charge in [-0.3, -0.25) is 4.79 Å². The van der Waals surface area contributed by atoms with E-state index in [4.69, 9.17) is 30.5 Å². The molecule has 1 aromatic heterocycles. The van der Waals surface area contributed by atoms with Crippen LogP contribution in [0, 0.1) is 0 Å². The highest BCUT2D eigenvalue weighted by molar-refractivity contribution is 9.10. The fourth-order valence-corrected chi connectivity index (χ4v) is 4.71. The van der Waals surface area contributed by atoms with Gasteiger partial charge in [-0.25, -0.2) is 4.98 Å². The van der Waals surface area contributed by atoms with Gasteiger partial charge in [-0.2, -0.15) is 9.78 Å². The number of benzene rings is 3. The molecule has 1 aliphatic rings. The van der Waals surface area contributed by atoms with Crippen LogP contribution in [0.5, 0.6) is 23.0 Å². The highest BCUT2D eigenvalue weighted by atomic mass is 79.9. The van der Waals surface area contributed by atoms with E-state index in [1.807, 2.05) is 44.2 Å². The summed E-state index contributed by atoms with van der Waals surface area (Å²) in [6, 6.07) is 14.6. The second-order valence-electron chi connectivity index (χ2n) is 8.54. The summed E-state index contributed by atoms with van der Waals surface area (Å²) in [5.74, 6) is 2.87. The van der Waals surface area contributed by atoms with Gasteiger partial charge < -0.3 is 18.9 Å². The molecule has 0 fully saturated rings. The zero-order valence-electron chi connectivity index (χ0n) is 20.9. The number of hydrogen-bond acceptors (Lipinski definition) is 7. The summed E-state index contributed by atoms with van der Waals surface area (Å²) in [5, 5.41) is 5.34.